The first-order valence-electron chi connectivity index (χ1n) is 8.09. The van der Waals surface area contributed by atoms with Gasteiger partial charge in [-0.25, -0.2) is 0 Å². The summed E-state index contributed by atoms with van der Waals surface area (Å²) in [7, 11) is 2.02. The average Bonchev–Trinajstić information content (AvgIpc) is 2.73. The van der Waals surface area contributed by atoms with Crippen molar-refractivity contribution in [2.75, 3.05) is 6.54 Å². The molecular weight excluding hydrogens is 270 g/mol. The third kappa shape index (κ3) is 3.76. The van der Waals surface area contributed by atoms with Crippen LogP contribution in [0.2, 0.25) is 5.02 Å². The van der Waals surface area contributed by atoms with Crippen molar-refractivity contribution in [1.82, 2.24) is 15.1 Å². The molecule has 0 amide bonds. The molecule has 1 heterocycles. The number of rotatable bonds is 6. The van der Waals surface area contributed by atoms with Gasteiger partial charge in [-0.15, -0.1) is 0 Å². The first kappa shape index (κ1) is 15.8. The van der Waals surface area contributed by atoms with E-state index in [0.717, 1.165) is 36.0 Å². The Hall–Kier alpha value is -0.540. The van der Waals surface area contributed by atoms with Crippen molar-refractivity contribution in [3.8, 4) is 0 Å². The number of aryl methyl sites for hydroxylation is 2. The second-order valence-electron chi connectivity index (χ2n) is 6.07. The van der Waals surface area contributed by atoms with E-state index in [-0.39, 0.29) is 0 Å². The minimum atomic E-state index is 0.700. The van der Waals surface area contributed by atoms with Gasteiger partial charge in [0.1, 0.15) is 0 Å². The maximum atomic E-state index is 6.47. The van der Waals surface area contributed by atoms with Crippen LogP contribution in [0.25, 0.3) is 0 Å². The number of hydrogen-bond acceptors (Lipinski definition) is 2. The average molecular weight is 298 g/mol. The van der Waals surface area contributed by atoms with Gasteiger partial charge >= 0.3 is 0 Å². The Morgan fingerprint density at radius 1 is 1.35 bits per heavy atom. The molecule has 4 heteroatoms. The SMILES string of the molecule is CCCNC1CCCC(Cc2c(Cl)c(CC)nn2C)C1. The van der Waals surface area contributed by atoms with E-state index in [1.807, 2.05) is 11.7 Å². The maximum Gasteiger partial charge on any atom is 0.0849 e. The van der Waals surface area contributed by atoms with Crippen molar-refractivity contribution in [2.24, 2.45) is 13.0 Å². The van der Waals surface area contributed by atoms with Crippen LogP contribution in [0.1, 0.15) is 57.3 Å². The van der Waals surface area contributed by atoms with E-state index >= 15 is 0 Å². The van der Waals surface area contributed by atoms with Crippen LogP contribution < -0.4 is 5.32 Å². The van der Waals surface area contributed by atoms with E-state index < -0.39 is 0 Å². The van der Waals surface area contributed by atoms with E-state index in [2.05, 4.69) is 24.3 Å². The normalized spacial score (nSPS) is 23.2. The predicted octanol–water partition coefficient (Wildman–Crippen LogP) is 3.74. The molecule has 0 bridgehead atoms. The van der Waals surface area contributed by atoms with Gasteiger partial charge in [-0.05, 0) is 51.0 Å². The van der Waals surface area contributed by atoms with Crippen LogP contribution in [-0.4, -0.2) is 22.4 Å². The summed E-state index contributed by atoms with van der Waals surface area (Å²) >= 11 is 6.47. The first-order valence-corrected chi connectivity index (χ1v) is 8.47. The molecule has 0 saturated heterocycles. The minimum Gasteiger partial charge on any atom is -0.314 e. The summed E-state index contributed by atoms with van der Waals surface area (Å²) in [5, 5.41) is 9.11. The van der Waals surface area contributed by atoms with E-state index in [1.165, 1.54) is 37.8 Å². The Morgan fingerprint density at radius 2 is 2.15 bits per heavy atom. The molecule has 1 N–H and O–H groups in total. The van der Waals surface area contributed by atoms with Crippen molar-refractivity contribution < 1.29 is 0 Å². The number of nitrogens with one attached hydrogen (secondary N) is 1. The Bertz CT molecular complexity index is 428. The van der Waals surface area contributed by atoms with Crippen molar-refractivity contribution in [3.63, 3.8) is 0 Å². The highest BCUT2D eigenvalue weighted by atomic mass is 35.5. The molecule has 2 unspecified atom stereocenters. The molecule has 2 rings (SSSR count). The molecule has 114 valence electrons. The molecule has 2 atom stereocenters. The molecule has 0 aromatic carbocycles. The summed E-state index contributed by atoms with van der Waals surface area (Å²) in [5.41, 5.74) is 2.27. The van der Waals surface area contributed by atoms with E-state index in [1.54, 1.807) is 0 Å². The molecule has 3 nitrogen and oxygen atoms in total. The maximum absolute atomic E-state index is 6.47. The second-order valence-corrected chi connectivity index (χ2v) is 6.45. The summed E-state index contributed by atoms with van der Waals surface area (Å²) in [5.74, 6) is 0.746. The lowest BCUT2D eigenvalue weighted by atomic mass is 9.83. The standard InChI is InChI=1S/C16H28ClN3/c1-4-9-18-13-8-6-7-12(10-13)11-15-16(17)14(5-2)19-20(15)3/h12-13,18H,4-11H2,1-3H3. The van der Waals surface area contributed by atoms with E-state index in [0.29, 0.717) is 6.04 Å². The Labute approximate surface area is 128 Å². The van der Waals surface area contributed by atoms with Gasteiger partial charge in [0, 0.05) is 13.1 Å². The zero-order chi connectivity index (χ0) is 14.5. The molecule has 0 aliphatic heterocycles. The smallest absolute Gasteiger partial charge is 0.0849 e. The molecule has 1 fully saturated rings. The monoisotopic (exact) mass is 297 g/mol. The Kier molecular flexibility index (Phi) is 5.91. The van der Waals surface area contributed by atoms with Gasteiger partial charge in [0.15, 0.2) is 0 Å². The summed E-state index contributed by atoms with van der Waals surface area (Å²) < 4.78 is 1.99. The lowest BCUT2D eigenvalue weighted by Crippen LogP contribution is -2.35. The van der Waals surface area contributed by atoms with Crippen molar-refractivity contribution in [3.05, 3.63) is 16.4 Å². The molecule has 20 heavy (non-hydrogen) atoms. The number of hydrogen-bond donors (Lipinski definition) is 1. The van der Waals surface area contributed by atoms with Gasteiger partial charge in [0.2, 0.25) is 0 Å². The fraction of sp³-hybridized carbons (Fsp3) is 0.812. The van der Waals surface area contributed by atoms with Crippen LogP contribution in [-0.2, 0) is 19.9 Å². The first-order chi connectivity index (χ1) is 9.65. The molecular formula is C16H28ClN3. The van der Waals surface area contributed by atoms with E-state index in [9.17, 15) is 0 Å². The number of halogens is 1. The lowest BCUT2D eigenvalue weighted by Gasteiger charge is -2.30. The lowest BCUT2D eigenvalue weighted by molar-refractivity contribution is 0.281. The van der Waals surface area contributed by atoms with Crippen LogP contribution in [0.5, 0.6) is 0 Å². The molecule has 0 spiro atoms. The van der Waals surface area contributed by atoms with Crippen LogP contribution in [0, 0.1) is 5.92 Å². The fourth-order valence-electron chi connectivity index (χ4n) is 3.33. The molecule has 0 radical (unpaired) electrons. The highest BCUT2D eigenvalue weighted by molar-refractivity contribution is 6.31. The van der Waals surface area contributed by atoms with Gasteiger partial charge < -0.3 is 5.32 Å². The third-order valence-corrected chi connectivity index (χ3v) is 4.89. The van der Waals surface area contributed by atoms with Crippen molar-refractivity contribution in [2.45, 2.75) is 64.8 Å². The minimum absolute atomic E-state index is 0.700. The topological polar surface area (TPSA) is 29.9 Å². The van der Waals surface area contributed by atoms with Gasteiger partial charge in [-0.1, -0.05) is 31.9 Å². The summed E-state index contributed by atoms with van der Waals surface area (Å²) in [6.45, 7) is 5.49. The Balaban J connectivity index is 1.97. The predicted molar refractivity (Wildman–Crippen MR) is 85.3 cm³/mol. The van der Waals surface area contributed by atoms with Crippen molar-refractivity contribution in [1.29, 1.82) is 0 Å². The zero-order valence-electron chi connectivity index (χ0n) is 13.1. The zero-order valence-corrected chi connectivity index (χ0v) is 13.8. The quantitative estimate of drug-likeness (QED) is 0.867. The van der Waals surface area contributed by atoms with Gasteiger partial charge in [-0.3, -0.25) is 4.68 Å². The number of aromatic nitrogens is 2. The van der Waals surface area contributed by atoms with Gasteiger partial charge in [0.05, 0.1) is 16.4 Å². The van der Waals surface area contributed by atoms with Crippen LogP contribution in [0.15, 0.2) is 0 Å². The number of nitrogens with zero attached hydrogens (tertiary/aromatic N) is 2. The second kappa shape index (κ2) is 7.46. The molecule has 1 aromatic rings. The molecule has 1 saturated carbocycles. The van der Waals surface area contributed by atoms with Crippen LogP contribution >= 0.6 is 11.6 Å². The third-order valence-electron chi connectivity index (χ3n) is 4.45. The van der Waals surface area contributed by atoms with Gasteiger partial charge in [-0.2, -0.15) is 5.10 Å². The highest BCUT2D eigenvalue weighted by Gasteiger charge is 2.24. The van der Waals surface area contributed by atoms with Crippen molar-refractivity contribution >= 4 is 11.6 Å². The summed E-state index contributed by atoms with van der Waals surface area (Å²) in [6.07, 6.45) is 8.48. The summed E-state index contributed by atoms with van der Waals surface area (Å²) in [6, 6.07) is 0.700. The summed E-state index contributed by atoms with van der Waals surface area (Å²) in [4.78, 5) is 0. The highest BCUT2D eigenvalue weighted by Crippen LogP contribution is 2.30. The van der Waals surface area contributed by atoms with Crippen LogP contribution in [0.4, 0.5) is 0 Å². The fourth-order valence-corrected chi connectivity index (χ4v) is 3.70. The van der Waals surface area contributed by atoms with Crippen LogP contribution in [0.3, 0.4) is 0 Å². The Morgan fingerprint density at radius 3 is 2.80 bits per heavy atom. The molecule has 1 aromatic heterocycles. The molecule has 1 aliphatic rings. The largest absolute Gasteiger partial charge is 0.314 e. The van der Waals surface area contributed by atoms with Gasteiger partial charge in [0.25, 0.3) is 0 Å². The molecule has 1 aliphatic carbocycles. The van der Waals surface area contributed by atoms with E-state index in [4.69, 9.17) is 11.6 Å².